The number of anilines is 3. The molecule has 6 nitrogen and oxygen atoms in total. The van der Waals surface area contributed by atoms with Gasteiger partial charge in [-0.3, -0.25) is 0 Å². The molecule has 1 aliphatic rings. The minimum atomic E-state index is -0.277. The highest BCUT2D eigenvalue weighted by Crippen LogP contribution is 2.39. The normalized spacial score (nSPS) is 15.2. The van der Waals surface area contributed by atoms with Crippen molar-refractivity contribution < 1.29 is 4.39 Å². The quantitative estimate of drug-likeness (QED) is 0.770. The Morgan fingerprint density at radius 1 is 1.17 bits per heavy atom. The molecule has 0 aliphatic heterocycles. The van der Waals surface area contributed by atoms with E-state index in [1.807, 2.05) is 7.05 Å². The third-order valence-corrected chi connectivity index (χ3v) is 4.58. The number of nitrogen functional groups attached to an aromatic ring is 1. The van der Waals surface area contributed by atoms with Crippen LogP contribution in [0.15, 0.2) is 24.3 Å². The lowest BCUT2D eigenvalue weighted by Gasteiger charge is -2.10. The third kappa shape index (κ3) is 2.55. The molecule has 0 amide bonds. The molecule has 0 unspecified atom stereocenters. The van der Waals surface area contributed by atoms with Crippen molar-refractivity contribution in [1.29, 1.82) is 0 Å². The average Bonchev–Trinajstić information content (AvgIpc) is 3.18. The highest BCUT2D eigenvalue weighted by Gasteiger charge is 2.26. The molecule has 0 saturated heterocycles. The summed E-state index contributed by atoms with van der Waals surface area (Å²) in [5.41, 5.74) is 8.36. The van der Waals surface area contributed by atoms with Crippen molar-refractivity contribution in [3.05, 3.63) is 35.8 Å². The summed E-state index contributed by atoms with van der Waals surface area (Å²) < 4.78 is 14.9. The van der Waals surface area contributed by atoms with Gasteiger partial charge in [-0.2, -0.15) is 15.1 Å². The maximum absolute atomic E-state index is 13.1. The van der Waals surface area contributed by atoms with Crippen molar-refractivity contribution in [3.8, 4) is 0 Å². The second kappa shape index (κ2) is 5.74. The van der Waals surface area contributed by atoms with Crippen molar-refractivity contribution in [3.63, 3.8) is 0 Å². The summed E-state index contributed by atoms with van der Waals surface area (Å²) in [5.74, 6) is 0.961. The Kier molecular flexibility index (Phi) is 3.55. The SMILES string of the molecule is Cn1nc(C2CCCC2)c2c(Nc3ccc(F)cc3)nc(N)nc21. The standard InChI is InChI=1S/C17H19FN6/c1-24-16-13(14(23-24)10-4-2-3-5-10)15(21-17(19)22-16)20-12-8-6-11(18)7-9-12/h6-10H,2-5H2,1H3,(H3,19,20,21,22). The molecule has 1 fully saturated rings. The van der Waals surface area contributed by atoms with Crippen LogP contribution in [-0.2, 0) is 7.05 Å². The first-order chi connectivity index (χ1) is 11.6. The molecular formula is C17H19FN6. The maximum atomic E-state index is 13.1. The Morgan fingerprint density at radius 3 is 2.58 bits per heavy atom. The van der Waals surface area contributed by atoms with E-state index < -0.39 is 0 Å². The van der Waals surface area contributed by atoms with E-state index in [1.54, 1.807) is 16.8 Å². The lowest BCUT2D eigenvalue weighted by atomic mass is 10.0. The van der Waals surface area contributed by atoms with Gasteiger partial charge >= 0.3 is 0 Å². The van der Waals surface area contributed by atoms with Crippen LogP contribution in [0.4, 0.5) is 21.8 Å². The lowest BCUT2D eigenvalue weighted by molar-refractivity contribution is 0.628. The average molecular weight is 326 g/mol. The van der Waals surface area contributed by atoms with Gasteiger partial charge in [-0.15, -0.1) is 0 Å². The molecule has 1 aromatic carbocycles. The number of hydrogen-bond donors (Lipinski definition) is 2. The molecule has 2 heterocycles. The summed E-state index contributed by atoms with van der Waals surface area (Å²) in [6.07, 6.45) is 4.71. The molecule has 2 aromatic heterocycles. The predicted molar refractivity (Wildman–Crippen MR) is 91.6 cm³/mol. The van der Waals surface area contributed by atoms with Crippen LogP contribution >= 0.6 is 0 Å². The first kappa shape index (κ1) is 14.9. The second-order valence-electron chi connectivity index (χ2n) is 6.25. The number of rotatable bonds is 3. The number of benzene rings is 1. The van der Waals surface area contributed by atoms with Crippen molar-refractivity contribution in [2.24, 2.45) is 7.05 Å². The van der Waals surface area contributed by atoms with Gasteiger partial charge in [-0.25, -0.2) is 9.07 Å². The van der Waals surface area contributed by atoms with Gasteiger partial charge < -0.3 is 11.1 Å². The Morgan fingerprint density at radius 2 is 1.88 bits per heavy atom. The summed E-state index contributed by atoms with van der Waals surface area (Å²) in [7, 11) is 1.87. The molecule has 0 spiro atoms. The zero-order valence-electron chi connectivity index (χ0n) is 13.5. The molecule has 1 saturated carbocycles. The van der Waals surface area contributed by atoms with E-state index in [2.05, 4.69) is 20.4 Å². The molecule has 3 N–H and O–H groups in total. The van der Waals surface area contributed by atoms with E-state index in [0.717, 1.165) is 29.6 Å². The lowest BCUT2D eigenvalue weighted by Crippen LogP contribution is -2.03. The number of halogens is 1. The smallest absolute Gasteiger partial charge is 0.224 e. The summed E-state index contributed by atoms with van der Waals surface area (Å²) in [6.45, 7) is 0. The first-order valence-corrected chi connectivity index (χ1v) is 8.14. The fourth-order valence-electron chi connectivity index (χ4n) is 3.44. The van der Waals surface area contributed by atoms with Crippen LogP contribution in [0.25, 0.3) is 11.0 Å². The van der Waals surface area contributed by atoms with E-state index in [0.29, 0.717) is 17.4 Å². The second-order valence-corrected chi connectivity index (χ2v) is 6.25. The van der Waals surface area contributed by atoms with Crippen LogP contribution in [0.2, 0.25) is 0 Å². The van der Waals surface area contributed by atoms with E-state index in [-0.39, 0.29) is 11.8 Å². The van der Waals surface area contributed by atoms with Crippen LogP contribution in [0.1, 0.15) is 37.3 Å². The molecule has 0 radical (unpaired) electrons. The predicted octanol–water partition coefficient (Wildman–Crippen LogP) is 3.49. The molecule has 4 rings (SSSR count). The van der Waals surface area contributed by atoms with Gasteiger partial charge in [0.15, 0.2) is 5.65 Å². The number of nitrogens with one attached hydrogen (secondary N) is 1. The van der Waals surface area contributed by atoms with E-state index >= 15 is 0 Å². The summed E-state index contributed by atoms with van der Waals surface area (Å²) in [6, 6.07) is 6.16. The van der Waals surface area contributed by atoms with Gasteiger partial charge in [0.2, 0.25) is 5.95 Å². The molecule has 0 atom stereocenters. The Balaban J connectivity index is 1.85. The Bertz CT molecular complexity index is 880. The van der Waals surface area contributed by atoms with Gasteiger partial charge in [-0.1, -0.05) is 12.8 Å². The van der Waals surface area contributed by atoms with Crippen LogP contribution in [0, 0.1) is 5.82 Å². The molecule has 3 aromatic rings. The van der Waals surface area contributed by atoms with Crippen LogP contribution in [-0.4, -0.2) is 19.7 Å². The molecule has 0 bridgehead atoms. The topological polar surface area (TPSA) is 81.7 Å². The monoisotopic (exact) mass is 326 g/mol. The Labute approximate surface area is 138 Å². The van der Waals surface area contributed by atoms with Gasteiger partial charge in [-0.05, 0) is 37.1 Å². The molecule has 7 heteroatoms. The number of aryl methyl sites for hydroxylation is 1. The minimum absolute atomic E-state index is 0.188. The van der Waals surface area contributed by atoms with Gasteiger partial charge in [0.1, 0.15) is 11.6 Å². The zero-order valence-corrected chi connectivity index (χ0v) is 13.5. The van der Waals surface area contributed by atoms with Crippen molar-refractivity contribution in [1.82, 2.24) is 19.7 Å². The molecule has 24 heavy (non-hydrogen) atoms. The van der Waals surface area contributed by atoms with Crippen LogP contribution in [0.3, 0.4) is 0 Å². The van der Waals surface area contributed by atoms with E-state index in [9.17, 15) is 4.39 Å². The van der Waals surface area contributed by atoms with Crippen molar-refractivity contribution >= 4 is 28.5 Å². The summed E-state index contributed by atoms with van der Waals surface area (Å²) in [5, 5.41) is 8.83. The largest absolute Gasteiger partial charge is 0.368 e. The van der Waals surface area contributed by atoms with E-state index in [1.165, 1.54) is 25.0 Å². The zero-order chi connectivity index (χ0) is 16.7. The van der Waals surface area contributed by atoms with Crippen molar-refractivity contribution in [2.45, 2.75) is 31.6 Å². The molecule has 1 aliphatic carbocycles. The van der Waals surface area contributed by atoms with Gasteiger partial charge in [0.05, 0.1) is 11.1 Å². The Hall–Kier alpha value is -2.70. The third-order valence-electron chi connectivity index (χ3n) is 4.58. The number of nitrogens with zero attached hydrogens (tertiary/aromatic N) is 4. The van der Waals surface area contributed by atoms with Crippen LogP contribution in [0.5, 0.6) is 0 Å². The first-order valence-electron chi connectivity index (χ1n) is 8.14. The number of nitrogens with two attached hydrogens (primary N) is 1. The van der Waals surface area contributed by atoms with E-state index in [4.69, 9.17) is 5.73 Å². The summed E-state index contributed by atoms with van der Waals surface area (Å²) >= 11 is 0. The van der Waals surface area contributed by atoms with Gasteiger partial charge in [0, 0.05) is 18.7 Å². The maximum Gasteiger partial charge on any atom is 0.224 e. The van der Waals surface area contributed by atoms with Gasteiger partial charge in [0.25, 0.3) is 0 Å². The minimum Gasteiger partial charge on any atom is -0.368 e. The fraction of sp³-hybridized carbons (Fsp3) is 0.353. The number of hydrogen-bond acceptors (Lipinski definition) is 5. The molecule has 124 valence electrons. The highest BCUT2D eigenvalue weighted by atomic mass is 19.1. The highest BCUT2D eigenvalue weighted by molar-refractivity contribution is 5.92. The fourth-order valence-corrected chi connectivity index (χ4v) is 3.44. The number of aromatic nitrogens is 4. The summed E-state index contributed by atoms with van der Waals surface area (Å²) in [4.78, 5) is 8.72. The van der Waals surface area contributed by atoms with Crippen molar-refractivity contribution in [2.75, 3.05) is 11.1 Å². The number of fused-ring (bicyclic) bond motifs is 1. The molecular weight excluding hydrogens is 307 g/mol. The van der Waals surface area contributed by atoms with Crippen LogP contribution < -0.4 is 11.1 Å².